The SMILES string of the molecule is Cc1c(Cl)nc(NCCC(C)C)c(NC(=O)c2cnccn2)c1N. The van der Waals surface area contributed by atoms with Gasteiger partial charge in [-0.25, -0.2) is 9.97 Å². The molecule has 2 aromatic heterocycles. The molecule has 0 aliphatic carbocycles. The van der Waals surface area contributed by atoms with Gasteiger partial charge in [0.05, 0.1) is 11.9 Å². The number of amides is 1. The van der Waals surface area contributed by atoms with Crippen molar-refractivity contribution in [3.05, 3.63) is 35.0 Å². The van der Waals surface area contributed by atoms with Gasteiger partial charge in [0, 0.05) is 24.5 Å². The van der Waals surface area contributed by atoms with Crippen molar-refractivity contribution in [3.63, 3.8) is 0 Å². The standard InChI is InChI=1S/C16H21ClN6O/c1-9(2)4-5-21-15-13(12(18)10(3)14(17)23-15)22-16(24)11-8-19-6-7-20-11/h6-9H,4-5H2,1-3H3,(H,22,24)(H3,18,21,23). The highest BCUT2D eigenvalue weighted by molar-refractivity contribution is 6.31. The summed E-state index contributed by atoms with van der Waals surface area (Å²) in [6.45, 7) is 6.70. The van der Waals surface area contributed by atoms with Gasteiger partial charge in [0.1, 0.15) is 16.5 Å². The molecule has 0 aliphatic heterocycles. The number of rotatable bonds is 6. The van der Waals surface area contributed by atoms with Crippen LogP contribution in [0.25, 0.3) is 0 Å². The summed E-state index contributed by atoms with van der Waals surface area (Å²) in [6.07, 6.45) is 5.28. The summed E-state index contributed by atoms with van der Waals surface area (Å²) in [4.78, 5) is 24.5. The average Bonchev–Trinajstić information content (AvgIpc) is 2.56. The van der Waals surface area contributed by atoms with Crippen molar-refractivity contribution in [1.82, 2.24) is 15.0 Å². The normalized spacial score (nSPS) is 10.7. The number of anilines is 3. The number of pyridine rings is 1. The molecule has 24 heavy (non-hydrogen) atoms. The summed E-state index contributed by atoms with van der Waals surface area (Å²) in [5, 5.41) is 6.24. The molecule has 0 saturated carbocycles. The first kappa shape index (κ1) is 17.9. The molecular weight excluding hydrogens is 328 g/mol. The highest BCUT2D eigenvalue weighted by atomic mass is 35.5. The van der Waals surface area contributed by atoms with Crippen LogP contribution >= 0.6 is 11.6 Å². The van der Waals surface area contributed by atoms with Gasteiger partial charge in [-0.2, -0.15) is 0 Å². The van der Waals surface area contributed by atoms with E-state index in [2.05, 4.69) is 39.4 Å². The Kier molecular flexibility index (Phi) is 5.92. The Bertz CT molecular complexity index is 720. The first-order valence-electron chi connectivity index (χ1n) is 7.67. The lowest BCUT2D eigenvalue weighted by molar-refractivity contribution is 0.102. The third kappa shape index (κ3) is 4.32. The Morgan fingerprint density at radius 3 is 2.75 bits per heavy atom. The topological polar surface area (TPSA) is 106 Å². The van der Waals surface area contributed by atoms with E-state index in [4.69, 9.17) is 17.3 Å². The van der Waals surface area contributed by atoms with E-state index in [1.54, 1.807) is 6.92 Å². The first-order valence-corrected chi connectivity index (χ1v) is 8.04. The van der Waals surface area contributed by atoms with E-state index in [9.17, 15) is 4.79 Å². The molecule has 0 bridgehead atoms. The fraction of sp³-hybridized carbons (Fsp3) is 0.375. The van der Waals surface area contributed by atoms with Gasteiger partial charge in [-0.1, -0.05) is 25.4 Å². The van der Waals surface area contributed by atoms with Crippen LogP contribution in [0.5, 0.6) is 0 Å². The van der Waals surface area contributed by atoms with Crippen LogP contribution in [0.2, 0.25) is 5.15 Å². The maximum absolute atomic E-state index is 12.3. The molecule has 1 amide bonds. The molecular formula is C16H21ClN6O. The fourth-order valence-corrected chi connectivity index (χ4v) is 2.18. The molecule has 0 radical (unpaired) electrons. The second-order valence-corrected chi connectivity index (χ2v) is 6.18. The number of carbonyl (C=O) groups excluding carboxylic acids is 1. The van der Waals surface area contributed by atoms with Crippen LogP contribution < -0.4 is 16.4 Å². The Morgan fingerprint density at radius 2 is 2.12 bits per heavy atom. The van der Waals surface area contributed by atoms with Gasteiger partial charge in [-0.15, -0.1) is 0 Å². The van der Waals surface area contributed by atoms with Crippen molar-refractivity contribution >= 4 is 34.7 Å². The lowest BCUT2D eigenvalue weighted by atomic mass is 10.1. The summed E-state index contributed by atoms with van der Waals surface area (Å²) < 4.78 is 0. The predicted octanol–water partition coefficient (Wildman–Crippen LogP) is 3.13. The molecule has 0 saturated heterocycles. The van der Waals surface area contributed by atoms with E-state index in [-0.39, 0.29) is 5.69 Å². The molecule has 0 aromatic carbocycles. The second-order valence-electron chi connectivity index (χ2n) is 5.82. The van der Waals surface area contributed by atoms with E-state index >= 15 is 0 Å². The van der Waals surface area contributed by atoms with Crippen molar-refractivity contribution in [2.45, 2.75) is 27.2 Å². The van der Waals surface area contributed by atoms with Gasteiger partial charge < -0.3 is 16.4 Å². The number of hydrogen-bond donors (Lipinski definition) is 3. The van der Waals surface area contributed by atoms with Crippen molar-refractivity contribution in [2.75, 3.05) is 22.9 Å². The second kappa shape index (κ2) is 7.92. The molecule has 2 aromatic rings. The molecule has 8 heteroatoms. The van der Waals surface area contributed by atoms with E-state index < -0.39 is 5.91 Å². The number of hydrogen-bond acceptors (Lipinski definition) is 6. The minimum Gasteiger partial charge on any atom is -0.397 e. The molecule has 0 spiro atoms. The number of nitrogens with one attached hydrogen (secondary N) is 2. The number of nitrogens with zero attached hydrogens (tertiary/aromatic N) is 3. The zero-order valence-corrected chi connectivity index (χ0v) is 14.7. The van der Waals surface area contributed by atoms with Crippen molar-refractivity contribution < 1.29 is 4.79 Å². The Hall–Kier alpha value is -2.41. The molecule has 7 nitrogen and oxygen atoms in total. The summed E-state index contributed by atoms with van der Waals surface area (Å²) in [5.74, 6) is 0.569. The number of aromatic nitrogens is 3. The predicted molar refractivity (Wildman–Crippen MR) is 96.3 cm³/mol. The zero-order valence-electron chi connectivity index (χ0n) is 13.9. The lowest BCUT2D eigenvalue weighted by Gasteiger charge is -2.17. The van der Waals surface area contributed by atoms with Crippen LogP contribution in [-0.4, -0.2) is 27.4 Å². The van der Waals surface area contributed by atoms with E-state index in [1.807, 2.05) is 0 Å². The van der Waals surface area contributed by atoms with Crippen molar-refractivity contribution in [1.29, 1.82) is 0 Å². The minimum atomic E-state index is -0.412. The number of nitrogens with two attached hydrogens (primary N) is 1. The Labute approximate surface area is 146 Å². The third-order valence-corrected chi connectivity index (χ3v) is 3.85. The third-order valence-electron chi connectivity index (χ3n) is 3.48. The summed E-state index contributed by atoms with van der Waals surface area (Å²) in [5.41, 5.74) is 7.70. The van der Waals surface area contributed by atoms with Crippen LogP contribution in [-0.2, 0) is 0 Å². The lowest BCUT2D eigenvalue weighted by Crippen LogP contribution is -2.18. The molecule has 4 N–H and O–H groups in total. The van der Waals surface area contributed by atoms with Gasteiger partial charge in [0.25, 0.3) is 5.91 Å². The fourth-order valence-electron chi connectivity index (χ4n) is 1.99. The van der Waals surface area contributed by atoms with Crippen LogP contribution in [0.1, 0.15) is 36.3 Å². The Balaban J connectivity index is 2.29. The molecule has 0 unspecified atom stereocenters. The molecule has 128 valence electrons. The van der Waals surface area contributed by atoms with E-state index in [1.165, 1.54) is 18.6 Å². The average molecular weight is 349 g/mol. The van der Waals surface area contributed by atoms with Gasteiger partial charge in [0.15, 0.2) is 5.82 Å². The number of halogens is 1. The maximum Gasteiger partial charge on any atom is 0.276 e. The molecule has 2 rings (SSSR count). The van der Waals surface area contributed by atoms with Gasteiger partial charge in [-0.05, 0) is 19.3 Å². The summed E-state index contributed by atoms with van der Waals surface area (Å²) in [7, 11) is 0. The molecule has 0 aliphatic rings. The highest BCUT2D eigenvalue weighted by Crippen LogP contribution is 2.34. The van der Waals surface area contributed by atoms with Crippen LogP contribution in [0.4, 0.5) is 17.2 Å². The van der Waals surface area contributed by atoms with E-state index in [0.717, 1.165) is 6.42 Å². The van der Waals surface area contributed by atoms with Crippen LogP contribution in [0.3, 0.4) is 0 Å². The first-order chi connectivity index (χ1) is 11.4. The van der Waals surface area contributed by atoms with Gasteiger partial charge in [-0.3, -0.25) is 9.78 Å². The number of carbonyl (C=O) groups is 1. The minimum absolute atomic E-state index is 0.192. The molecule has 2 heterocycles. The summed E-state index contributed by atoms with van der Waals surface area (Å²) >= 11 is 6.12. The van der Waals surface area contributed by atoms with Crippen molar-refractivity contribution in [3.8, 4) is 0 Å². The monoisotopic (exact) mass is 348 g/mol. The highest BCUT2D eigenvalue weighted by Gasteiger charge is 2.18. The smallest absolute Gasteiger partial charge is 0.276 e. The van der Waals surface area contributed by atoms with Gasteiger partial charge >= 0.3 is 0 Å². The number of nitrogen functional groups attached to an aromatic ring is 1. The zero-order chi connectivity index (χ0) is 17.7. The maximum atomic E-state index is 12.3. The molecule has 0 atom stereocenters. The van der Waals surface area contributed by atoms with Crippen molar-refractivity contribution in [2.24, 2.45) is 5.92 Å². The quantitative estimate of drug-likeness (QED) is 0.692. The van der Waals surface area contributed by atoms with Crippen LogP contribution in [0.15, 0.2) is 18.6 Å². The van der Waals surface area contributed by atoms with E-state index in [0.29, 0.717) is 40.4 Å². The summed E-state index contributed by atoms with van der Waals surface area (Å²) in [6, 6.07) is 0. The largest absolute Gasteiger partial charge is 0.397 e. The molecule has 0 fully saturated rings. The van der Waals surface area contributed by atoms with Gasteiger partial charge in [0.2, 0.25) is 0 Å². The Morgan fingerprint density at radius 1 is 1.38 bits per heavy atom. The van der Waals surface area contributed by atoms with Crippen LogP contribution in [0, 0.1) is 12.8 Å².